The third kappa shape index (κ3) is 4.78. The molecule has 3 aromatic carbocycles. The van der Waals surface area contributed by atoms with Gasteiger partial charge in [-0.1, -0.05) is 60.7 Å². The van der Waals surface area contributed by atoms with Crippen LogP contribution >= 0.6 is 11.3 Å². The van der Waals surface area contributed by atoms with Gasteiger partial charge in [-0.3, -0.25) is 14.5 Å². The fourth-order valence-corrected chi connectivity index (χ4v) is 5.24. The van der Waals surface area contributed by atoms with Crippen LogP contribution in [0.1, 0.15) is 26.5 Å². The van der Waals surface area contributed by atoms with E-state index in [0.29, 0.717) is 13.1 Å². The number of amides is 1. The zero-order valence-corrected chi connectivity index (χ0v) is 19.7. The fourth-order valence-electron chi connectivity index (χ4n) is 4.24. The molecular weight excluding hydrogens is 442 g/mol. The van der Waals surface area contributed by atoms with Crippen LogP contribution in [0, 0.1) is 0 Å². The maximum absolute atomic E-state index is 12.6. The first-order valence-electron chi connectivity index (χ1n) is 11.2. The summed E-state index contributed by atoms with van der Waals surface area (Å²) < 4.78 is 1.18. The lowest BCUT2D eigenvalue weighted by Crippen LogP contribution is -2.30. The topological polar surface area (TPSA) is 65.2 Å². The first-order chi connectivity index (χ1) is 16.6. The van der Waals surface area contributed by atoms with E-state index in [4.69, 9.17) is 0 Å². The van der Waals surface area contributed by atoms with Gasteiger partial charge in [0.2, 0.25) is 0 Å². The standard InChI is InChI=1S/C28H25N3O2S/c1-31(17-21-10-6-9-19-7-2-4-11-24(19)21)18-22-13-14-25(28(33)30-22)27(32)29-16-23-15-20-8-3-5-12-26(20)34-23/h2-15H,16-18H2,1H3,(H,29,32)(H,30,33). The van der Waals surface area contributed by atoms with Crippen LogP contribution in [0.3, 0.4) is 0 Å². The molecule has 5 nitrogen and oxygen atoms in total. The predicted molar refractivity (Wildman–Crippen MR) is 139 cm³/mol. The van der Waals surface area contributed by atoms with Crippen LogP contribution in [0.2, 0.25) is 0 Å². The largest absolute Gasteiger partial charge is 0.347 e. The molecule has 0 unspecified atom stereocenters. The summed E-state index contributed by atoms with van der Waals surface area (Å²) in [6, 6.07) is 28.3. The molecular formula is C28H25N3O2S. The summed E-state index contributed by atoms with van der Waals surface area (Å²) in [6.07, 6.45) is 0. The van der Waals surface area contributed by atoms with Crippen molar-refractivity contribution in [2.45, 2.75) is 19.6 Å². The quantitative estimate of drug-likeness (QED) is 0.341. The van der Waals surface area contributed by atoms with Gasteiger partial charge in [0, 0.05) is 28.4 Å². The Bertz CT molecular complexity index is 1500. The van der Waals surface area contributed by atoms with Gasteiger partial charge < -0.3 is 10.3 Å². The highest BCUT2D eigenvalue weighted by Gasteiger charge is 2.13. The molecule has 2 heterocycles. The number of carbonyl (C=O) groups excluding carboxylic acids is 1. The zero-order chi connectivity index (χ0) is 23.5. The third-order valence-electron chi connectivity index (χ3n) is 5.87. The molecule has 170 valence electrons. The second-order valence-corrected chi connectivity index (χ2v) is 9.64. The molecule has 1 amide bonds. The minimum absolute atomic E-state index is 0.126. The van der Waals surface area contributed by atoms with E-state index in [1.165, 1.54) is 21.0 Å². The summed E-state index contributed by atoms with van der Waals surface area (Å²) in [7, 11) is 2.02. The lowest BCUT2D eigenvalue weighted by atomic mass is 10.0. The van der Waals surface area contributed by atoms with Crippen LogP contribution in [-0.2, 0) is 19.6 Å². The number of aromatic amines is 1. The summed E-state index contributed by atoms with van der Waals surface area (Å²) in [4.78, 5) is 31.3. The molecule has 0 aliphatic rings. The number of hydrogen-bond acceptors (Lipinski definition) is 4. The van der Waals surface area contributed by atoms with Gasteiger partial charge in [-0.15, -0.1) is 11.3 Å². The summed E-state index contributed by atoms with van der Waals surface area (Å²) in [5, 5.41) is 6.47. The van der Waals surface area contributed by atoms with Crippen LogP contribution in [0.25, 0.3) is 20.9 Å². The second-order valence-electron chi connectivity index (χ2n) is 8.47. The normalized spacial score (nSPS) is 11.4. The van der Waals surface area contributed by atoms with Gasteiger partial charge in [0.1, 0.15) is 5.56 Å². The van der Waals surface area contributed by atoms with Gasteiger partial charge >= 0.3 is 0 Å². The van der Waals surface area contributed by atoms with Crippen molar-refractivity contribution in [1.82, 2.24) is 15.2 Å². The van der Waals surface area contributed by atoms with Crippen molar-refractivity contribution in [3.05, 3.63) is 117 Å². The maximum Gasteiger partial charge on any atom is 0.261 e. The Morgan fingerprint density at radius 3 is 2.50 bits per heavy atom. The van der Waals surface area contributed by atoms with Crippen LogP contribution in [0.4, 0.5) is 0 Å². The van der Waals surface area contributed by atoms with Crippen LogP contribution in [0.15, 0.2) is 89.7 Å². The van der Waals surface area contributed by atoms with E-state index >= 15 is 0 Å². The average Bonchev–Trinajstić information content (AvgIpc) is 3.26. The highest BCUT2D eigenvalue weighted by Crippen LogP contribution is 2.25. The Hall–Kier alpha value is -3.74. The van der Waals surface area contributed by atoms with Crippen molar-refractivity contribution in [3.63, 3.8) is 0 Å². The highest BCUT2D eigenvalue weighted by molar-refractivity contribution is 7.19. The van der Waals surface area contributed by atoms with Crippen LogP contribution in [0.5, 0.6) is 0 Å². The van der Waals surface area contributed by atoms with E-state index in [-0.39, 0.29) is 17.0 Å². The molecule has 2 N–H and O–H groups in total. The molecule has 6 heteroatoms. The van der Waals surface area contributed by atoms with Crippen molar-refractivity contribution >= 4 is 38.1 Å². The number of thiophene rings is 1. The molecule has 34 heavy (non-hydrogen) atoms. The Kier molecular flexibility index (Phi) is 6.25. The molecule has 0 aliphatic heterocycles. The van der Waals surface area contributed by atoms with Crippen molar-refractivity contribution < 1.29 is 4.79 Å². The highest BCUT2D eigenvalue weighted by atomic mass is 32.1. The number of pyridine rings is 1. The number of nitrogens with one attached hydrogen (secondary N) is 2. The van der Waals surface area contributed by atoms with Gasteiger partial charge in [-0.2, -0.15) is 0 Å². The Labute approximate surface area is 201 Å². The Balaban J connectivity index is 1.23. The third-order valence-corrected chi connectivity index (χ3v) is 6.99. The van der Waals surface area contributed by atoms with Gasteiger partial charge in [0.05, 0.1) is 6.54 Å². The zero-order valence-electron chi connectivity index (χ0n) is 18.9. The molecule has 5 rings (SSSR count). The van der Waals surface area contributed by atoms with Gasteiger partial charge in [0.25, 0.3) is 11.5 Å². The molecule has 0 saturated heterocycles. The Morgan fingerprint density at radius 2 is 1.68 bits per heavy atom. The number of nitrogens with zero attached hydrogens (tertiary/aromatic N) is 1. The van der Waals surface area contributed by atoms with E-state index in [1.807, 2.05) is 37.4 Å². The number of hydrogen-bond donors (Lipinski definition) is 2. The SMILES string of the molecule is CN(Cc1ccc(C(=O)NCc2cc3ccccc3s2)c(=O)[nH]1)Cc1cccc2ccccc12. The van der Waals surface area contributed by atoms with Gasteiger partial charge in [0.15, 0.2) is 0 Å². The lowest BCUT2D eigenvalue weighted by molar-refractivity contribution is 0.0949. The van der Waals surface area contributed by atoms with Crippen LogP contribution in [-0.4, -0.2) is 22.8 Å². The van der Waals surface area contributed by atoms with E-state index in [1.54, 1.807) is 17.4 Å². The minimum atomic E-state index is -0.370. The first kappa shape index (κ1) is 22.1. The summed E-state index contributed by atoms with van der Waals surface area (Å²) in [5.74, 6) is -0.366. The molecule has 0 spiro atoms. The Morgan fingerprint density at radius 1 is 0.912 bits per heavy atom. The van der Waals surface area contributed by atoms with Gasteiger partial charge in [-0.05, 0) is 53.0 Å². The van der Waals surface area contributed by atoms with E-state index in [9.17, 15) is 9.59 Å². The molecule has 0 radical (unpaired) electrons. The number of rotatable bonds is 7. The number of aromatic nitrogens is 1. The molecule has 5 aromatic rings. The first-order valence-corrected chi connectivity index (χ1v) is 12.0. The molecule has 2 aromatic heterocycles. The smallest absolute Gasteiger partial charge is 0.261 e. The van der Waals surface area contributed by atoms with Crippen molar-refractivity contribution in [2.24, 2.45) is 0 Å². The number of fused-ring (bicyclic) bond motifs is 2. The number of benzene rings is 3. The average molecular weight is 468 g/mol. The predicted octanol–water partition coefficient (Wildman–Crippen LogP) is 5.30. The monoisotopic (exact) mass is 467 g/mol. The van der Waals surface area contributed by atoms with E-state index < -0.39 is 0 Å². The fraction of sp³-hybridized carbons (Fsp3) is 0.143. The lowest BCUT2D eigenvalue weighted by Gasteiger charge is -2.18. The molecule has 0 bridgehead atoms. The van der Waals surface area contributed by atoms with E-state index in [0.717, 1.165) is 22.5 Å². The molecule has 0 aliphatic carbocycles. The van der Waals surface area contributed by atoms with Crippen molar-refractivity contribution in [1.29, 1.82) is 0 Å². The summed E-state index contributed by atoms with van der Waals surface area (Å²) >= 11 is 1.64. The maximum atomic E-state index is 12.6. The van der Waals surface area contributed by atoms with E-state index in [2.05, 4.69) is 63.7 Å². The minimum Gasteiger partial charge on any atom is -0.347 e. The van der Waals surface area contributed by atoms with Crippen LogP contribution < -0.4 is 10.9 Å². The van der Waals surface area contributed by atoms with Crippen molar-refractivity contribution in [3.8, 4) is 0 Å². The molecule has 0 fully saturated rings. The van der Waals surface area contributed by atoms with Gasteiger partial charge in [-0.25, -0.2) is 0 Å². The molecule has 0 atom stereocenters. The summed E-state index contributed by atoms with van der Waals surface area (Å²) in [5.41, 5.74) is 1.76. The molecule has 0 saturated carbocycles. The summed E-state index contributed by atoms with van der Waals surface area (Å²) in [6.45, 7) is 1.72. The number of carbonyl (C=O) groups is 1. The van der Waals surface area contributed by atoms with Crippen molar-refractivity contribution in [2.75, 3.05) is 7.05 Å². The second kappa shape index (κ2) is 9.63. The number of H-pyrrole nitrogens is 1.